The fourth-order valence-corrected chi connectivity index (χ4v) is 11.3. The van der Waals surface area contributed by atoms with Gasteiger partial charge in [0.2, 0.25) is 0 Å². The molecule has 3 unspecified atom stereocenters. The number of para-hydroxylation sites is 2. The number of benzene rings is 3. The second-order valence-electron chi connectivity index (χ2n) is 14.7. The highest BCUT2D eigenvalue weighted by molar-refractivity contribution is 7.10. The van der Waals surface area contributed by atoms with E-state index < -0.39 is 16.6 Å². The van der Waals surface area contributed by atoms with Crippen molar-refractivity contribution in [3.63, 3.8) is 0 Å². The molecule has 3 aliphatic rings. The third-order valence-corrected chi connectivity index (χ3v) is 13.2. The van der Waals surface area contributed by atoms with Crippen molar-refractivity contribution in [2.24, 2.45) is 0 Å². The van der Waals surface area contributed by atoms with Crippen molar-refractivity contribution in [2.75, 3.05) is 50.8 Å². The van der Waals surface area contributed by atoms with Gasteiger partial charge in [-0.15, -0.1) is 11.3 Å². The minimum Gasteiger partial charge on any atom is -0.379 e. The normalized spacial score (nSPS) is 25.7. The summed E-state index contributed by atoms with van der Waals surface area (Å²) in [6, 6.07) is 46.7. The van der Waals surface area contributed by atoms with Gasteiger partial charge in [0.1, 0.15) is 11.4 Å². The summed E-state index contributed by atoms with van der Waals surface area (Å²) in [6.07, 6.45) is 5.47. The number of pyridine rings is 2. The van der Waals surface area contributed by atoms with Crippen LogP contribution < -0.4 is 4.90 Å². The van der Waals surface area contributed by atoms with E-state index in [1.807, 2.05) is 17.5 Å². The first kappa shape index (κ1) is 32.8. The molecule has 3 saturated heterocycles. The SMILES string of the molecule is c1ccc(C2(c3ccccn3)CN(c3ccc4ccccc4n3)C(c3cc4ccccc4[nH]3)(N3CCCCC3)C2(c2cccs2)N2CCOCC2)cc1. The van der Waals surface area contributed by atoms with E-state index in [0.29, 0.717) is 19.8 Å². The Balaban J connectivity index is 1.44. The Morgan fingerprint density at radius 3 is 2.23 bits per heavy atom. The maximum Gasteiger partial charge on any atom is 0.161 e. The molecule has 3 fully saturated rings. The van der Waals surface area contributed by atoms with E-state index >= 15 is 0 Å². The second-order valence-corrected chi connectivity index (χ2v) is 15.7. The summed E-state index contributed by atoms with van der Waals surface area (Å²) in [5.41, 5.74) is 3.49. The van der Waals surface area contributed by atoms with Crippen LogP contribution in [0.15, 0.2) is 139 Å². The highest BCUT2D eigenvalue weighted by atomic mass is 32.1. The average molecular weight is 717 g/mol. The molecule has 0 bridgehead atoms. The van der Waals surface area contributed by atoms with Gasteiger partial charge in [-0.05, 0) is 77.7 Å². The zero-order valence-electron chi connectivity index (χ0n) is 29.9. The maximum atomic E-state index is 6.23. The van der Waals surface area contributed by atoms with Gasteiger partial charge in [-0.2, -0.15) is 0 Å². The van der Waals surface area contributed by atoms with E-state index in [4.69, 9.17) is 14.7 Å². The van der Waals surface area contributed by atoms with Crippen molar-refractivity contribution in [1.29, 1.82) is 0 Å². The third-order valence-electron chi connectivity index (χ3n) is 12.2. The summed E-state index contributed by atoms with van der Waals surface area (Å²) in [5.74, 6) is 0.968. The molecule has 3 aromatic carbocycles. The fraction of sp³-hybridized carbons (Fsp3) is 0.289. The zero-order valence-corrected chi connectivity index (χ0v) is 30.7. The number of hydrogen-bond acceptors (Lipinski definition) is 7. The molecule has 3 atom stereocenters. The number of thiophene rings is 1. The number of nitrogens with one attached hydrogen (secondary N) is 1. The van der Waals surface area contributed by atoms with Crippen molar-refractivity contribution in [3.8, 4) is 0 Å². The first-order chi connectivity index (χ1) is 26.3. The number of rotatable bonds is 7. The van der Waals surface area contributed by atoms with Crippen molar-refractivity contribution in [1.82, 2.24) is 24.8 Å². The molecule has 8 heteroatoms. The van der Waals surface area contributed by atoms with Crippen LogP contribution in [0.4, 0.5) is 5.82 Å². The lowest BCUT2D eigenvalue weighted by molar-refractivity contribution is -0.124. The number of fused-ring (bicyclic) bond motifs is 2. The number of H-pyrrole nitrogens is 1. The Hall–Kier alpha value is -4.86. The summed E-state index contributed by atoms with van der Waals surface area (Å²) in [5, 5.41) is 4.62. The van der Waals surface area contributed by atoms with Gasteiger partial charge in [0.15, 0.2) is 5.66 Å². The first-order valence-electron chi connectivity index (χ1n) is 19.1. The number of morpholine rings is 1. The standard InChI is InChI=1S/C45H44N6OS/c1-3-16-36(17-4-1)43(39-20-9-10-24-46-39)33-51(42-23-22-34-14-5-7-18-37(34)48-42)45(50-25-11-2-12-26-50,40-32-35-15-6-8-19-38(35)47-40)44(43,41-21-13-31-53-41)49-27-29-52-30-28-49/h1,3-10,13-24,31-32,47H,2,11-12,25-30,33H2. The summed E-state index contributed by atoms with van der Waals surface area (Å²) in [6.45, 7) is 5.48. The summed E-state index contributed by atoms with van der Waals surface area (Å²) in [4.78, 5) is 24.8. The molecule has 4 aromatic heterocycles. The quantitative estimate of drug-likeness (QED) is 0.179. The number of ether oxygens (including phenoxy) is 1. The molecular formula is C45H44N6OS. The zero-order chi connectivity index (χ0) is 35.3. The molecule has 3 aliphatic heterocycles. The highest BCUT2D eigenvalue weighted by Crippen LogP contribution is 2.68. The molecular weight excluding hydrogens is 673 g/mol. The number of nitrogens with zero attached hydrogens (tertiary/aromatic N) is 5. The van der Waals surface area contributed by atoms with Gasteiger partial charge < -0.3 is 14.6 Å². The van der Waals surface area contributed by atoms with Crippen LogP contribution in [0, 0.1) is 0 Å². The van der Waals surface area contributed by atoms with Crippen LogP contribution in [0.2, 0.25) is 0 Å². The average Bonchev–Trinajstić information content (AvgIpc) is 3.99. The lowest BCUT2D eigenvalue weighted by Gasteiger charge is -2.63. The molecule has 1 N–H and O–H groups in total. The Morgan fingerprint density at radius 2 is 1.45 bits per heavy atom. The van der Waals surface area contributed by atoms with E-state index in [9.17, 15) is 0 Å². The molecule has 0 amide bonds. The fourth-order valence-electron chi connectivity index (χ4n) is 10.3. The number of hydrogen-bond donors (Lipinski definition) is 1. The van der Waals surface area contributed by atoms with Gasteiger partial charge in [-0.25, -0.2) is 4.98 Å². The number of likely N-dealkylation sites (tertiary alicyclic amines) is 1. The first-order valence-corrected chi connectivity index (χ1v) is 20.0. The molecule has 7 nitrogen and oxygen atoms in total. The van der Waals surface area contributed by atoms with E-state index in [1.54, 1.807) is 0 Å². The van der Waals surface area contributed by atoms with Gasteiger partial charge in [0.25, 0.3) is 0 Å². The largest absolute Gasteiger partial charge is 0.379 e. The molecule has 0 saturated carbocycles. The van der Waals surface area contributed by atoms with Crippen LogP contribution in [0.1, 0.15) is 41.1 Å². The van der Waals surface area contributed by atoms with Crippen LogP contribution in [-0.2, 0) is 21.4 Å². The van der Waals surface area contributed by atoms with Crippen molar-refractivity contribution in [3.05, 3.63) is 161 Å². The molecule has 0 radical (unpaired) electrons. The van der Waals surface area contributed by atoms with E-state index in [0.717, 1.165) is 67.0 Å². The maximum absolute atomic E-state index is 6.23. The molecule has 10 rings (SSSR count). The van der Waals surface area contributed by atoms with Gasteiger partial charge in [0, 0.05) is 54.7 Å². The minimum absolute atomic E-state index is 0.653. The lowest BCUT2D eigenvalue weighted by Crippen LogP contribution is -2.75. The van der Waals surface area contributed by atoms with Gasteiger partial charge in [0.05, 0.1) is 35.5 Å². The Kier molecular flexibility index (Phi) is 8.17. The number of piperidine rings is 1. The third kappa shape index (κ3) is 4.75. The Labute approximate surface area is 314 Å². The van der Waals surface area contributed by atoms with Gasteiger partial charge in [-0.1, -0.05) is 85.3 Å². The summed E-state index contributed by atoms with van der Waals surface area (Å²) < 4.78 is 6.23. The molecule has 0 spiro atoms. The van der Waals surface area contributed by atoms with Crippen LogP contribution in [0.5, 0.6) is 0 Å². The summed E-state index contributed by atoms with van der Waals surface area (Å²) >= 11 is 1.87. The highest BCUT2D eigenvalue weighted by Gasteiger charge is 2.79. The molecule has 7 heterocycles. The summed E-state index contributed by atoms with van der Waals surface area (Å²) in [7, 11) is 0. The van der Waals surface area contributed by atoms with Crippen LogP contribution >= 0.6 is 11.3 Å². The van der Waals surface area contributed by atoms with E-state index in [1.165, 1.54) is 27.9 Å². The predicted octanol–water partition coefficient (Wildman–Crippen LogP) is 8.55. The van der Waals surface area contributed by atoms with Crippen molar-refractivity contribution in [2.45, 2.75) is 35.9 Å². The number of anilines is 1. The Morgan fingerprint density at radius 1 is 0.679 bits per heavy atom. The molecule has 0 aliphatic carbocycles. The monoisotopic (exact) mass is 716 g/mol. The predicted molar refractivity (Wildman–Crippen MR) is 214 cm³/mol. The minimum atomic E-state index is -0.766. The van der Waals surface area contributed by atoms with Crippen LogP contribution in [-0.4, -0.2) is 70.7 Å². The molecule has 7 aromatic rings. The van der Waals surface area contributed by atoms with Gasteiger partial charge >= 0.3 is 0 Å². The lowest BCUT2D eigenvalue weighted by atomic mass is 9.58. The molecule has 266 valence electrons. The topological polar surface area (TPSA) is 60.5 Å². The number of aromatic amines is 1. The number of aromatic nitrogens is 3. The van der Waals surface area contributed by atoms with E-state index in [2.05, 4.69) is 152 Å². The smallest absolute Gasteiger partial charge is 0.161 e. The van der Waals surface area contributed by atoms with E-state index in [-0.39, 0.29) is 0 Å². The Bertz CT molecular complexity index is 2260. The van der Waals surface area contributed by atoms with Crippen molar-refractivity contribution < 1.29 is 4.74 Å². The molecule has 53 heavy (non-hydrogen) atoms. The van der Waals surface area contributed by atoms with Gasteiger partial charge in [-0.3, -0.25) is 14.8 Å². The van der Waals surface area contributed by atoms with Crippen molar-refractivity contribution >= 4 is 39.0 Å². The van der Waals surface area contributed by atoms with Crippen LogP contribution in [0.3, 0.4) is 0 Å². The second kappa shape index (κ2) is 13.2. The van der Waals surface area contributed by atoms with Crippen LogP contribution in [0.25, 0.3) is 21.8 Å².